The van der Waals surface area contributed by atoms with E-state index in [0.29, 0.717) is 0 Å². The molecule has 120 valence electrons. The van der Waals surface area contributed by atoms with Gasteiger partial charge in [-0.05, 0) is 52.4 Å². The number of piperazine rings is 1. The van der Waals surface area contributed by atoms with Crippen molar-refractivity contribution in [3.8, 4) is 0 Å². The topological polar surface area (TPSA) is 23.6 Å². The second-order valence-corrected chi connectivity index (χ2v) is 7.28. The Balaban J connectivity index is 1.58. The van der Waals surface area contributed by atoms with Crippen LogP contribution in [0.1, 0.15) is 15.9 Å². The lowest BCUT2D eigenvalue weighted by Gasteiger charge is -2.35. The standard InChI is InChI=1S/C18H18ClIN2O/c19-15-5-3-4-14(12-15)13-21-8-10-22(11-9-21)18(23)16-6-1-2-7-17(16)20/h1-7,12H,8-11,13H2. The number of carbonyl (C=O) groups is 1. The molecule has 0 unspecified atom stereocenters. The number of halogens is 2. The van der Waals surface area contributed by atoms with Gasteiger partial charge in [0.25, 0.3) is 5.91 Å². The average Bonchev–Trinajstić information content (AvgIpc) is 2.55. The molecule has 1 heterocycles. The van der Waals surface area contributed by atoms with Gasteiger partial charge in [-0.3, -0.25) is 9.69 Å². The summed E-state index contributed by atoms with van der Waals surface area (Å²) in [6.07, 6.45) is 0. The van der Waals surface area contributed by atoms with Crippen LogP contribution in [0, 0.1) is 3.57 Å². The van der Waals surface area contributed by atoms with Crippen LogP contribution >= 0.6 is 34.2 Å². The summed E-state index contributed by atoms with van der Waals surface area (Å²) in [5, 5.41) is 0.773. The third-order valence-electron chi connectivity index (χ3n) is 4.06. The molecular weight excluding hydrogens is 423 g/mol. The van der Waals surface area contributed by atoms with Crippen molar-refractivity contribution in [2.45, 2.75) is 6.54 Å². The summed E-state index contributed by atoms with van der Waals surface area (Å²) in [4.78, 5) is 16.9. The first-order chi connectivity index (χ1) is 11.1. The Hall–Kier alpha value is -1.11. The minimum atomic E-state index is 0.136. The number of hydrogen-bond acceptors (Lipinski definition) is 2. The van der Waals surface area contributed by atoms with Crippen molar-refractivity contribution in [1.82, 2.24) is 9.80 Å². The molecule has 1 aliphatic rings. The van der Waals surface area contributed by atoms with Crippen molar-refractivity contribution in [3.63, 3.8) is 0 Å². The Labute approximate surface area is 155 Å². The molecule has 3 nitrogen and oxygen atoms in total. The summed E-state index contributed by atoms with van der Waals surface area (Å²) in [6, 6.07) is 15.7. The largest absolute Gasteiger partial charge is 0.336 e. The summed E-state index contributed by atoms with van der Waals surface area (Å²) < 4.78 is 1.01. The maximum atomic E-state index is 12.6. The van der Waals surface area contributed by atoms with Gasteiger partial charge in [0.1, 0.15) is 0 Å². The number of hydrogen-bond donors (Lipinski definition) is 0. The molecule has 0 aromatic heterocycles. The molecule has 0 spiro atoms. The zero-order chi connectivity index (χ0) is 16.2. The summed E-state index contributed by atoms with van der Waals surface area (Å²) >= 11 is 8.26. The smallest absolute Gasteiger partial charge is 0.255 e. The van der Waals surface area contributed by atoms with E-state index in [2.05, 4.69) is 33.6 Å². The van der Waals surface area contributed by atoms with Gasteiger partial charge in [-0.2, -0.15) is 0 Å². The second-order valence-electron chi connectivity index (χ2n) is 5.68. The number of carbonyl (C=O) groups excluding carboxylic acids is 1. The highest BCUT2D eigenvalue weighted by atomic mass is 127. The number of rotatable bonds is 3. The molecule has 23 heavy (non-hydrogen) atoms. The van der Waals surface area contributed by atoms with E-state index in [9.17, 15) is 4.79 Å². The van der Waals surface area contributed by atoms with Gasteiger partial charge >= 0.3 is 0 Å². The van der Waals surface area contributed by atoms with Crippen molar-refractivity contribution in [3.05, 3.63) is 68.3 Å². The zero-order valence-electron chi connectivity index (χ0n) is 12.7. The van der Waals surface area contributed by atoms with Crippen LogP contribution in [-0.4, -0.2) is 41.9 Å². The molecule has 0 bridgehead atoms. The monoisotopic (exact) mass is 440 g/mol. The van der Waals surface area contributed by atoms with Gasteiger partial charge in [0.15, 0.2) is 0 Å². The molecule has 1 saturated heterocycles. The Morgan fingerprint density at radius 2 is 1.78 bits per heavy atom. The summed E-state index contributed by atoms with van der Waals surface area (Å²) in [7, 11) is 0. The molecule has 0 saturated carbocycles. The normalized spacial score (nSPS) is 15.7. The molecule has 1 fully saturated rings. The third kappa shape index (κ3) is 4.25. The van der Waals surface area contributed by atoms with Crippen molar-refractivity contribution < 1.29 is 4.79 Å². The average molecular weight is 441 g/mol. The first-order valence-electron chi connectivity index (χ1n) is 7.64. The highest BCUT2D eigenvalue weighted by Crippen LogP contribution is 2.17. The minimum absolute atomic E-state index is 0.136. The SMILES string of the molecule is O=C(c1ccccc1I)N1CCN(Cc2cccc(Cl)c2)CC1. The van der Waals surface area contributed by atoms with Gasteiger partial charge < -0.3 is 4.90 Å². The Morgan fingerprint density at radius 3 is 2.48 bits per heavy atom. The van der Waals surface area contributed by atoms with E-state index < -0.39 is 0 Å². The van der Waals surface area contributed by atoms with E-state index in [-0.39, 0.29) is 5.91 Å². The van der Waals surface area contributed by atoms with Crippen LogP contribution < -0.4 is 0 Å². The van der Waals surface area contributed by atoms with Crippen molar-refractivity contribution in [1.29, 1.82) is 0 Å². The lowest BCUT2D eigenvalue weighted by atomic mass is 10.1. The Bertz CT molecular complexity index is 699. The number of benzene rings is 2. The van der Waals surface area contributed by atoms with Crippen LogP contribution in [0.3, 0.4) is 0 Å². The lowest BCUT2D eigenvalue weighted by Crippen LogP contribution is -2.48. The second kappa shape index (κ2) is 7.64. The van der Waals surface area contributed by atoms with E-state index >= 15 is 0 Å². The molecule has 2 aromatic rings. The van der Waals surface area contributed by atoms with Crippen molar-refractivity contribution >= 4 is 40.1 Å². The van der Waals surface area contributed by atoms with Gasteiger partial charge in [-0.1, -0.05) is 35.9 Å². The van der Waals surface area contributed by atoms with Gasteiger partial charge in [-0.25, -0.2) is 0 Å². The van der Waals surface area contributed by atoms with Crippen LogP contribution in [0.2, 0.25) is 5.02 Å². The molecule has 0 N–H and O–H groups in total. The molecule has 2 aromatic carbocycles. The fourth-order valence-electron chi connectivity index (χ4n) is 2.81. The molecule has 1 amide bonds. The van der Waals surface area contributed by atoms with E-state index in [1.165, 1.54) is 5.56 Å². The quantitative estimate of drug-likeness (QED) is 0.676. The molecule has 0 atom stereocenters. The molecular formula is C18H18ClIN2O. The van der Waals surface area contributed by atoms with E-state index in [1.807, 2.05) is 47.4 Å². The summed E-state index contributed by atoms with van der Waals surface area (Å²) in [6.45, 7) is 4.20. The summed E-state index contributed by atoms with van der Waals surface area (Å²) in [5.74, 6) is 0.136. The van der Waals surface area contributed by atoms with Gasteiger partial charge in [-0.15, -0.1) is 0 Å². The first-order valence-corrected chi connectivity index (χ1v) is 9.10. The Morgan fingerprint density at radius 1 is 1.04 bits per heavy atom. The fourth-order valence-corrected chi connectivity index (χ4v) is 3.64. The van der Waals surface area contributed by atoms with Crippen molar-refractivity contribution in [2.24, 2.45) is 0 Å². The minimum Gasteiger partial charge on any atom is -0.336 e. The zero-order valence-corrected chi connectivity index (χ0v) is 15.6. The van der Waals surface area contributed by atoms with Crippen LogP contribution in [0.15, 0.2) is 48.5 Å². The van der Waals surface area contributed by atoms with E-state index in [4.69, 9.17) is 11.6 Å². The highest BCUT2D eigenvalue weighted by molar-refractivity contribution is 14.1. The molecule has 0 radical (unpaired) electrons. The molecule has 1 aliphatic heterocycles. The predicted octanol–water partition coefficient (Wildman–Crippen LogP) is 3.90. The van der Waals surface area contributed by atoms with E-state index in [0.717, 1.165) is 46.9 Å². The number of nitrogens with zero attached hydrogens (tertiary/aromatic N) is 2. The predicted molar refractivity (Wildman–Crippen MR) is 102 cm³/mol. The fraction of sp³-hybridized carbons (Fsp3) is 0.278. The lowest BCUT2D eigenvalue weighted by molar-refractivity contribution is 0.0627. The van der Waals surface area contributed by atoms with Gasteiger partial charge in [0, 0.05) is 41.3 Å². The Kier molecular flexibility index (Phi) is 5.56. The van der Waals surface area contributed by atoms with Crippen LogP contribution in [-0.2, 0) is 6.54 Å². The van der Waals surface area contributed by atoms with Crippen LogP contribution in [0.5, 0.6) is 0 Å². The number of amides is 1. The maximum Gasteiger partial charge on any atom is 0.255 e. The van der Waals surface area contributed by atoms with E-state index in [1.54, 1.807) is 0 Å². The first kappa shape index (κ1) is 16.7. The van der Waals surface area contributed by atoms with Gasteiger partial charge in [0.2, 0.25) is 0 Å². The molecule has 0 aliphatic carbocycles. The maximum absolute atomic E-state index is 12.6. The molecule has 5 heteroatoms. The summed E-state index contributed by atoms with van der Waals surface area (Å²) in [5.41, 5.74) is 2.02. The third-order valence-corrected chi connectivity index (χ3v) is 5.23. The van der Waals surface area contributed by atoms with Crippen molar-refractivity contribution in [2.75, 3.05) is 26.2 Å². The van der Waals surface area contributed by atoms with Gasteiger partial charge in [0.05, 0.1) is 5.56 Å². The highest BCUT2D eigenvalue weighted by Gasteiger charge is 2.23. The molecule has 3 rings (SSSR count). The van der Waals surface area contributed by atoms with Crippen LogP contribution in [0.4, 0.5) is 0 Å². The van der Waals surface area contributed by atoms with Crippen LogP contribution in [0.25, 0.3) is 0 Å².